The molecule has 1 N–H and O–H groups in total. The van der Waals surface area contributed by atoms with Crippen molar-refractivity contribution in [2.75, 3.05) is 5.75 Å². The molecule has 96 valence electrons. The van der Waals surface area contributed by atoms with Gasteiger partial charge in [0.25, 0.3) is 0 Å². The van der Waals surface area contributed by atoms with E-state index >= 15 is 0 Å². The SMILES string of the molecule is C=CCCCCCCC(O)CSC(C)(C)C. The van der Waals surface area contributed by atoms with E-state index < -0.39 is 0 Å². The van der Waals surface area contributed by atoms with Gasteiger partial charge in [-0.1, -0.05) is 46.1 Å². The highest BCUT2D eigenvalue weighted by atomic mass is 32.2. The van der Waals surface area contributed by atoms with Crippen LogP contribution in [0.5, 0.6) is 0 Å². The van der Waals surface area contributed by atoms with Gasteiger partial charge in [0, 0.05) is 10.5 Å². The van der Waals surface area contributed by atoms with Crippen molar-refractivity contribution in [1.82, 2.24) is 0 Å². The summed E-state index contributed by atoms with van der Waals surface area (Å²) in [5, 5.41) is 9.78. The Morgan fingerprint density at radius 2 is 1.81 bits per heavy atom. The average Bonchev–Trinajstić information content (AvgIpc) is 2.19. The number of aliphatic hydroxyl groups excluding tert-OH is 1. The number of hydrogen-bond donors (Lipinski definition) is 1. The van der Waals surface area contributed by atoms with E-state index in [2.05, 4.69) is 27.4 Å². The smallest absolute Gasteiger partial charge is 0.0630 e. The van der Waals surface area contributed by atoms with E-state index in [0.717, 1.165) is 25.0 Å². The minimum absolute atomic E-state index is 0.122. The average molecular weight is 244 g/mol. The predicted octanol–water partition coefficient (Wildman–Crippen LogP) is 4.41. The van der Waals surface area contributed by atoms with Gasteiger partial charge in [-0.15, -0.1) is 6.58 Å². The van der Waals surface area contributed by atoms with E-state index in [1.807, 2.05) is 17.8 Å². The molecule has 2 heteroatoms. The molecule has 0 radical (unpaired) electrons. The van der Waals surface area contributed by atoms with Gasteiger partial charge in [0.15, 0.2) is 0 Å². The van der Waals surface area contributed by atoms with Gasteiger partial charge in [0.1, 0.15) is 0 Å². The van der Waals surface area contributed by atoms with Crippen molar-refractivity contribution in [3.63, 3.8) is 0 Å². The van der Waals surface area contributed by atoms with Gasteiger partial charge in [0.2, 0.25) is 0 Å². The molecular weight excluding hydrogens is 216 g/mol. The first kappa shape index (κ1) is 16.1. The normalized spacial score (nSPS) is 13.8. The van der Waals surface area contributed by atoms with Crippen molar-refractivity contribution in [1.29, 1.82) is 0 Å². The van der Waals surface area contributed by atoms with E-state index in [1.165, 1.54) is 19.3 Å². The number of rotatable bonds is 9. The van der Waals surface area contributed by atoms with E-state index in [-0.39, 0.29) is 10.9 Å². The van der Waals surface area contributed by atoms with Crippen LogP contribution in [0, 0.1) is 0 Å². The van der Waals surface area contributed by atoms with Crippen LogP contribution in [-0.4, -0.2) is 21.7 Å². The molecule has 0 aromatic rings. The van der Waals surface area contributed by atoms with Crippen LogP contribution >= 0.6 is 11.8 Å². The predicted molar refractivity (Wildman–Crippen MR) is 76.1 cm³/mol. The molecule has 0 aliphatic heterocycles. The zero-order valence-electron chi connectivity index (χ0n) is 11.2. The van der Waals surface area contributed by atoms with Gasteiger partial charge in [0.05, 0.1) is 6.10 Å². The topological polar surface area (TPSA) is 20.2 Å². The minimum atomic E-state index is -0.122. The molecule has 1 atom stereocenters. The molecular formula is C14H28OS. The summed E-state index contributed by atoms with van der Waals surface area (Å²) in [6.07, 6.45) is 8.85. The van der Waals surface area contributed by atoms with Crippen molar-refractivity contribution < 1.29 is 5.11 Å². The Hall–Kier alpha value is 0.0500. The molecule has 0 spiro atoms. The Balaban J connectivity index is 3.30. The molecule has 0 heterocycles. The van der Waals surface area contributed by atoms with Crippen molar-refractivity contribution in [2.45, 2.75) is 70.1 Å². The highest BCUT2D eigenvalue weighted by Gasteiger charge is 2.13. The van der Waals surface area contributed by atoms with Crippen molar-refractivity contribution in [3.8, 4) is 0 Å². The summed E-state index contributed by atoms with van der Waals surface area (Å²) in [6.45, 7) is 10.3. The van der Waals surface area contributed by atoms with Crippen LogP contribution < -0.4 is 0 Å². The Bertz CT molecular complexity index is 172. The Kier molecular flexibility index (Phi) is 9.15. The van der Waals surface area contributed by atoms with Crippen LogP contribution in [0.4, 0.5) is 0 Å². The van der Waals surface area contributed by atoms with E-state index in [4.69, 9.17) is 0 Å². The van der Waals surface area contributed by atoms with Gasteiger partial charge in [-0.05, 0) is 19.3 Å². The summed E-state index contributed by atoms with van der Waals surface area (Å²) in [6, 6.07) is 0. The number of aliphatic hydroxyl groups is 1. The number of hydrogen-bond acceptors (Lipinski definition) is 2. The fourth-order valence-electron chi connectivity index (χ4n) is 1.45. The van der Waals surface area contributed by atoms with Crippen LogP contribution in [-0.2, 0) is 0 Å². The molecule has 0 fully saturated rings. The lowest BCUT2D eigenvalue weighted by atomic mass is 10.1. The summed E-state index contributed by atoms with van der Waals surface area (Å²) in [5.41, 5.74) is 0. The van der Waals surface area contributed by atoms with Crippen molar-refractivity contribution >= 4 is 11.8 Å². The fraction of sp³-hybridized carbons (Fsp3) is 0.857. The molecule has 1 nitrogen and oxygen atoms in total. The highest BCUT2D eigenvalue weighted by molar-refractivity contribution is 8.00. The van der Waals surface area contributed by atoms with Crippen LogP contribution in [0.25, 0.3) is 0 Å². The van der Waals surface area contributed by atoms with Crippen LogP contribution in [0.1, 0.15) is 59.3 Å². The van der Waals surface area contributed by atoms with E-state index in [0.29, 0.717) is 0 Å². The van der Waals surface area contributed by atoms with Gasteiger partial charge in [-0.2, -0.15) is 11.8 Å². The minimum Gasteiger partial charge on any atom is -0.392 e. The lowest BCUT2D eigenvalue weighted by molar-refractivity contribution is 0.184. The number of thioether (sulfide) groups is 1. The zero-order valence-corrected chi connectivity index (χ0v) is 12.0. The van der Waals surface area contributed by atoms with E-state index in [9.17, 15) is 5.11 Å². The maximum atomic E-state index is 9.78. The molecule has 0 amide bonds. The van der Waals surface area contributed by atoms with Crippen LogP contribution in [0.15, 0.2) is 12.7 Å². The van der Waals surface area contributed by atoms with E-state index in [1.54, 1.807) is 0 Å². The summed E-state index contributed by atoms with van der Waals surface area (Å²) in [4.78, 5) is 0. The Morgan fingerprint density at radius 3 is 2.38 bits per heavy atom. The van der Waals surface area contributed by atoms with Gasteiger partial charge < -0.3 is 5.11 Å². The molecule has 0 rings (SSSR count). The molecule has 0 saturated heterocycles. The standard InChI is InChI=1S/C14H28OS/c1-5-6-7-8-9-10-11-13(15)12-16-14(2,3)4/h5,13,15H,1,6-12H2,2-4H3. The first-order valence-corrected chi connectivity index (χ1v) is 7.37. The third kappa shape index (κ3) is 12.1. The Morgan fingerprint density at radius 1 is 1.19 bits per heavy atom. The Labute approximate surface area is 106 Å². The van der Waals surface area contributed by atoms with Gasteiger partial charge >= 0.3 is 0 Å². The summed E-state index contributed by atoms with van der Waals surface area (Å²) in [5.74, 6) is 0.871. The van der Waals surface area contributed by atoms with Crippen molar-refractivity contribution in [2.24, 2.45) is 0 Å². The maximum Gasteiger partial charge on any atom is 0.0630 e. The number of allylic oxidation sites excluding steroid dienone is 1. The summed E-state index contributed by atoms with van der Waals surface area (Å²) >= 11 is 1.85. The van der Waals surface area contributed by atoms with Crippen LogP contribution in [0.2, 0.25) is 0 Å². The molecule has 0 bridgehead atoms. The van der Waals surface area contributed by atoms with Gasteiger partial charge in [-0.3, -0.25) is 0 Å². The van der Waals surface area contributed by atoms with Crippen molar-refractivity contribution in [3.05, 3.63) is 12.7 Å². The molecule has 0 saturated carbocycles. The maximum absolute atomic E-state index is 9.78. The highest BCUT2D eigenvalue weighted by Crippen LogP contribution is 2.24. The third-order valence-corrected chi connectivity index (χ3v) is 3.82. The fourth-order valence-corrected chi connectivity index (χ4v) is 2.31. The molecule has 0 aliphatic carbocycles. The lowest BCUT2D eigenvalue weighted by Crippen LogP contribution is -2.16. The van der Waals surface area contributed by atoms with Gasteiger partial charge in [-0.25, -0.2) is 0 Å². The van der Waals surface area contributed by atoms with Crippen LogP contribution in [0.3, 0.4) is 0 Å². The number of unbranched alkanes of at least 4 members (excludes halogenated alkanes) is 4. The third-order valence-electron chi connectivity index (χ3n) is 2.40. The second-order valence-corrected chi connectivity index (χ2v) is 7.20. The monoisotopic (exact) mass is 244 g/mol. The molecule has 0 aromatic heterocycles. The molecule has 16 heavy (non-hydrogen) atoms. The molecule has 1 unspecified atom stereocenters. The first-order valence-electron chi connectivity index (χ1n) is 6.38. The zero-order chi connectivity index (χ0) is 12.4. The molecule has 0 aliphatic rings. The summed E-state index contributed by atoms with van der Waals surface area (Å²) in [7, 11) is 0. The largest absolute Gasteiger partial charge is 0.392 e. The molecule has 0 aromatic carbocycles. The second-order valence-electron chi connectivity index (χ2n) is 5.36. The summed E-state index contributed by atoms with van der Waals surface area (Å²) < 4.78 is 0.269. The quantitative estimate of drug-likeness (QED) is 0.479. The first-order chi connectivity index (χ1) is 7.45. The second kappa shape index (κ2) is 9.12. The lowest BCUT2D eigenvalue weighted by Gasteiger charge is -2.19.